The number of phenolic OH excluding ortho intramolecular Hbond substituents is 1. The molecule has 1 aliphatic rings. The maximum atomic E-state index is 12.9. The molecule has 0 spiro atoms. The second-order valence-electron chi connectivity index (χ2n) is 7.12. The van der Waals surface area contributed by atoms with Gasteiger partial charge in [0.2, 0.25) is 0 Å². The summed E-state index contributed by atoms with van der Waals surface area (Å²) in [5, 5.41) is 26.1. The third kappa shape index (κ3) is 4.82. The summed E-state index contributed by atoms with van der Waals surface area (Å²) in [6, 6.07) is 11.4. The van der Waals surface area contributed by atoms with Gasteiger partial charge in [-0.25, -0.2) is 4.79 Å². The van der Waals surface area contributed by atoms with E-state index in [1.54, 1.807) is 47.5 Å². The van der Waals surface area contributed by atoms with E-state index >= 15 is 0 Å². The summed E-state index contributed by atoms with van der Waals surface area (Å²) in [5.41, 5.74) is 1.61. The molecule has 1 saturated heterocycles. The van der Waals surface area contributed by atoms with Crippen molar-refractivity contribution < 1.29 is 19.8 Å². The number of carbonyl (C=O) groups is 2. The van der Waals surface area contributed by atoms with Gasteiger partial charge in [0.05, 0.1) is 5.56 Å². The Morgan fingerprint density at radius 1 is 0.906 bits per heavy atom. The van der Waals surface area contributed by atoms with Crippen LogP contribution in [0.1, 0.15) is 32.0 Å². The summed E-state index contributed by atoms with van der Waals surface area (Å²) in [6.45, 7) is 2.08. The largest absolute Gasteiger partial charge is 0.508 e. The van der Waals surface area contributed by atoms with Crippen LogP contribution >= 0.6 is 0 Å². The zero-order valence-corrected chi connectivity index (χ0v) is 17.0. The van der Waals surface area contributed by atoms with Crippen LogP contribution < -0.4 is 4.90 Å². The zero-order chi connectivity index (χ0) is 22.5. The number of hydrogen-bond donors (Lipinski definition) is 2. The van der Waals surface area contributed by atoms with Crippen LogP contribution in [0.25, 0.3) is 0 Å². The number of hydrogen-bond acceptors (Lipinski definition) is 7. The summed E-state index contributed by atoms with van der Waals surface area (Å²) >= 11 is 0. The van der Waals surface area contributed by atoms with E-state index < -0.39 is 5.97 Å². The molecule has 2 aromatic heterocycles. The summed E-state index contributed by atoms with van der Waals surface area (Å²) < 4.78 is 0. The quantitative estimate of drug-likeness (QED) is 0.603. The van der Waals surface area contributed by atoms with Gasteiger partial charge in [-0.3, -0.25) is 9.78 Å². The predicted molar refractivity (Wildman–Crippen MR) is 115 cm³/mol. The molecule has 32 heavy (non-hydrogen) atoms. The number of phenols is 1. The first-order chi connectivity index (χ1) is 15.5. The molecule has 9 heteroatoms. The van der Waals surface area contributed by atoms with Crippen LogP contribution in [0.2, 0.25) is 0 Å². The Morgan fingerprint density at radius 3 is 2.38 bits per heavy atom. The minimum absolute atomic E-state index is 0.109. The van der Waals surface area contributed by atoms with Gasteiger partial charge in [-0.05, 0) is 36.4 Å². The Morgan fingerprint density at radius 2 is 1.69 bits per heavy atom. The molecule has 0 bridgehead atoms. The predicted octanol–water partition coefficient (Wildman–Crippen LogP) is 1.64. The van der Waals surface area contributed by atoms with Gasteiger partial charge < -0.3 is 20.0 Å². The van der Waals surface area contributed by atoms with Crippen LogP contribution in [0.3, 0.4) is 0 Å². The van der Waals surface area contributed by atoms with Crippen molar-refractivity contribution in [1.82, 2.24) is 20.1 Å². The van der Waals surface area contributed by atoms with Gasteiger partial charge in [-0.15, -0.1) is 10.2 Å². The van der Waals surface area contributed by atoms with Gasteiger partial charge in [-0.2, -0.15) is 0 Å². The van der Waals surface area contributed by atoms with E-state index in [1.807, 2.05) is 4.90 Å². The topological polar surface area (TPSA) is 120 Å². The molecule has 0 aliphatic carbocycles. The van der Waals surface area contributed by atoms with Crippen molar-refractivity contribution in [1.29, 1.82) is 0 Å². The number of pyridine rings is 1. The molecule has 1 amide bonds. The van der Waals surface area contributed by atoms with Gasteiger partial charge >= 0.3 is 5.97 Å². The number of benzene rings is 1. The van der Waals surface area contributed by atoms with Crippen molar-refractivity contribution in [2.75, 3.05) is 31.1 Å². The van der Waals surface area contributed by atoms with Gasteiger partial charge in [0, 0.05) is 49.7 Å². The minimum atomic E-state index is -1.12. The highest BCUT2D eigenvalue weighted by Gasteiger charge is 2.23. The molecule has 0 unspecified atom stereocenters. The van der Waals surface area contributed by atoms with E-state index in [2.05, 4.69) is 27.0 Å². The van der Waals surface area contributed by atoms with E-state index in [0.29, 0.717) is 48.7 Å². The number of amides is 1. The van der Waals surface area contributed by atoms with Gasteiger partial charge in [0.1, 0.15) is 5.75 Å². The number of aromatic nitrogens is 3. The molecule has 1 aromatic carbocycles. The lowest BCUT2D eigenvalue weighted by molar-refractivity contribution is 0.0687. The molecule has 9 nitrogen and oxygen atoms in total. The molecule has 0 saturated carbocycles. The summed E-state index contributed by atoms with van der Waals surface area (Å²) in [7, 11) is 0. The molecule has 4 rings (SSSR count). The summed E-state index contributed by atoms with van der Waals surface area (Å²) in [5.74, 6) is 5.38. The maximum absolute atomic E-state index is 12.9. The van der Waals surface area contributed by atoms with Gasteiger partial charge in [-0.1, -0.05) is 17.9 Å². The standard InChI is InChI=1S/C23H19N5O4/c29-19-3-1-2-16(13-19)4-5-17-12-18(15-24-14-17)22(30)28-10-8-27(9-11-28)21-7-6-20(23(31)32)25-26-21/h1-3,6-7,12-15,29H,8-11H2,(H,31,32). The lowest BCUT2D eigenvalue weighted by atomic mass is 10.1. The fraction of sp³-hybridized carbons (Fsp3) is 0.174. The first-order valence-electron chi connectivity index (χ1n) is 9.87. The molecule has 1 aliphatic heterocycles. The van der Waals surface area contributed by atoms with Crippen molar-refractivity contribution in [2.45, 2.75) is 0 Å². The van der Waals surface area contributed by atoms with Crippen LogP contribution in [0.4, 0.5) is 5.82 Å². The van der Waals surface area contributed by atoms with E-state index in [0.717, 1.165) is 0 Å². The Balaban J connectivity index is 1.40. The van der Waals surface area contributed by atoms with E-state index in [4.69, 9.17) is 5.11 Å². The number of rotatable bonds is 3. The number of anilines is 1. The highest BCUT2D eigenvalue weighted by molar-refractivity contribution is 5.94. The Labute approximate surface area is 184 Å². The molecule has 0 radical (unpaired) electrons. The Bertz CT molecular complexity index is 1210. The van der Waals surface area contributed by atoms with Crippen LogP contribution in [-0.2, 0) is 0 Å². The van der Waals surface area contributed by atoms with Crippen LogP contribution in [0.5, 0.6) is 5.75 Å². The first-order valence-corrected chi connectivity index (χ1v) is 9.87. The number of carboxylic acid groups (broad SMARTS) is 1. The fourth-order valence-corrected chi connectivity index (χ4v) is 3.28. The Hall–Kier alpha value is -4.45. The molecule has 3 aromatic rings. The number of carboxylic acids is 1. The second kappa shape index (κ2) is 9.14. The van der Waals surface area contributed by atoms with E-state index in [1.165, 1.54) is 12.3 Å². The highest BCUT2D eigenvalue weighted by Crippen LogP contribution is 2.15. The number of piperazine rings is 1. The van der Waals surface area contributed by atoms with Crippen molar-refractivity contribution in [2.24, 2.45) is 0 Å². The van der Waals surface area contributed by atoms with Crippen molar-refractivity contribution >= 4 is 17.7 Å². The van der Waals surface area contributed by atoms with Gasteiger partial charge in [0.15, 0.2) is 11.5 Å². The van der Waals surface area contributed by atoms with Crippen molar-refractivity contribution in [3.63, 3.8) is 0 Å². The number of aromatic hydroxyl groups is 1. The molecular weight excluding hydrogens is 410 g/mol. The number of nitrogens with zero attached hydrogens (tertiary/aromatic N) is 5. The van der Waals surface area contributed by atoms with Crippen molar-refractivity contribution in [3.05, 3.63) is 77.2 Å². The third-order valence-corrected chi connectivity index (χ3v) is 4.94. The maximum Gasteiger partial charge on any atom is 0.356 e. The van der Waals surface area contributed by atoms with Gasteiger partial charge in [0.25, 0.3) is 5.91 Å². The molecule has 160 valence electrons. The molecule has 3 heterocycles. The average Bonchev–Trinajstić information content (AvgIpc) is 2.83. The van der Waals surface area contributed by atoms with Crippen molar-refractivity contribution in [3.8, 4) is 17.6 Å². The molecule has 1 fully saturated rings. The fourth-order valence-electron chi connectivity index (χ4n) is 3.28. The summed E-state index contributed by atoms with van der Waals surface area (Å²) in [4.78, 5) is 31.7. The summed E-state index contributed by atoms with van der Waals surface area (Å²) in [6.07, 6.45) is 3.11. The molecule has 2 N–H and O–H groups in total. The molecular formula is C23H19N5O4. The van der Waals surface area contributed by atoms with Crippen LogP contribution in [0, 0.1) is 11.8 Å². The van der Waals surface area contributed by atoms with Crippen LogP contribution in [-0.4, -0.2) is 68.3 Å². The smallest absolute Gasteiger partial charge is 0.356 e. The van der Waals surface area contributed by atoms with E-state index in [9.17, 15) is 14.7 Å². The van der Waals surface area contributed by atoms with E-state index in [-0.39, 0.29) is 17.4 Å². The lowest BCUT2D eigenvalue weighted by Gasteiger charge is -2.35. The third-order valence-electron chi connectivity index (χ3n) is 4.94. The zero-order valence-electron chi connectivity index (χ0n) is 17.0. The average molecular weight is 429 g/mol. The monoisotopic (exact) mass is 429 g/mol. The SMILES string of the molecule is O=C(O)c1ccc(N2CCN(C(=O)c3cncc(C#Cc4cccc(O)c4)c3)CC2)nn1. The highest BCUT2D eigenvalue weighted by atomic mass is 16.4. The first kappa shape index (κ1) is 20.8. The second-order valence-corrected chi connectivity index (χ2v) is 7.12. The number of aromatic carboxylic acids is 1. The molecule has 0 atom stereocenters. The van der Waals surface area contributed by atoms with Crippen LogP contribution in [0.15, 0.2) is 54.9 Å². The minimum Gasteiger partial charge on any atom is -0.508 e. The lowest BCUT2D eigenvalue weighted by Crippen LogP contribution is -2.49. The Kier molecular flexibility index (Phi) is 5.94. The number of carbonyl (C=O) groups excluding carboxylic acids is 1. The normalized spacial score (nSPS) is 13.2.